The average molecular weight is 356 g/mol. The fraction of sp³-hybridized carbons (Fsp3) is 0.333. The standard InChI is InChI=1S/C21H24O5/c1-6-25-19-11-16(7-8-18(19)24-5)21(23)26-12-17(22)20-14(3)9-13(2)10-15(20)4/h7-11H,6,12H2,1-5H3. The van der Waals surface area contributed by atoms with Gasteiger partial charge in [0.1, 0.15) is 0 Å². The molecule has 0 aliphatic heterocycles. The minimum atomic E-state index is -0.579. The predicted molar refractivity (Wildman–Crippen MR) is 99.4 cm³/mol. The van der Waals surface area contributed by atoms with E-state index in [1.807, 2.05) is 39.8 Å². The number of ketones is 1. The Bertz CT molecular complexity index is 800. The van der Waals surface area contributed by atoms with Crippen LogP contribution in [0.5, 0.6) is 11.5 Å². The van der Waals surface area contributed by atoms with Crippen LogP contribution in [0.3, 0.4) is 0 Å². The summed E-state index contributed by atoms with van der Waals surface area (Å²) in [4.78, 5) is 24.8. The van der Waals surface area contributed by atoms with Gasteiger partial charge >= 0.3 is 5.97 Å². The maximum absolute atomic E-state index is 12.5. The zero-order valence-electron chi connectivity index (χ0n) is 15.8. The number of Topliss-reactive ketones (excluding diaryl/α,β-unsaturated/α-hetero) is 1. The van der Waals surface area contributed by atoms with Gasteiger partial charge in [0.05, 0.1) is 19.3 Å². The smallest absolute Gasteiger partial charge is 0.338 e. The van der Waals surface area contributed by atoms with Gasteiger partial charge in [-0.25, -0.2) is 4.79 Å². The van der Waals surface area contributed by atoms with Crippen LogP contribution in [0.15, 0.2) is 30.3 Å². The van der Waals surface area contributed by atoms with Crippen molar-refractivity contribution in [2.24, 2.45) is 0 Å². The van der Waals surface area contributed by atoms with E-state index in [0.29, 0.717) is 29.2 Å². The van der Waals surface area contributed by atoms with Gasteiger partial charge in [0, 0.05) is 5.56 Å². The van der Waals surface area contributed by atoms with Crippen LogP contribution >= 0.6 is 0 Å². The maximum Gasteiger partial charge on any atom is 0.338 e. The second-order valence-corrected chi connectivity index (χ2v) is 6.07. The van der Waals surface area contributed by atoms with Crippen molar-refractivity contribution in [3.05, 3.63) is 58.1 Å². The molecule has 0 saturated carbocycles. The first-order valence-corrected chi connectivity index (χ1v) is 8.46. The van der Waals surface area contributed by atoms with E-state index in [-0.39, 0.29) is 12.4 Å². The van der Waals surface area contributed by atoms with Gasteiger partial charge < -0.3 is 14.2 Å². The lowest BCUT2D eigenvalue weighted by molar-refractivity contribution is 0.0474. The second-order valence-electron chi connectivity index (χ2n) is 6.07. The fourth-order valence-electron chi connectivity index (χ4n) is 2.98. The van der Waals surface area contributed by atoms with Gasteiger partial charge in [-0.15, -0.1) is 0 Å². The molecule has 0 aliphatic rings. The third-order valence-electron chi connectivity index (χ3n) is 3.99. The number of ether oxygens (including phenoxy) is 3. The van der Waals surface area contributed by atoms with Crippen LogP contribution in [0, 0.1) is 20.8 Å². The molecule has 138 valence electrons. The quantitative estimate of drug-likeness (QED) is 0.553. The molecule has 0 fully saturated rings. The van der Waals surface area contributed by atoms with Gasteiger partial charge in [0.25, 0.3) is 0 Å². The van der Waals surface area contributed by atoms with Crippen molar-refractivity contribution in [3.8, 4) is 11.5 Å². The molecular weight excluding hydrogens is 332 g/mol. The Morgan fingerprint density at radius 2 is 1.62 bits per heavy atom. The molecular formula is C21H24O5. The molecule has 0 atom stereocenters. The Hall–Kier alpha value is -2.82. The van der Waals surface area contributed by atoms with E-state index in [9.17, 15) is 9.59 Å². The number of methoxy groups -OCH3 is 1. The molecule has 0 saturated heterocycles. The molecule has 0 aliphatic carbocycles. The highest BCUT2D eigenvalue weighted by molar-refractivity contribution is 6.01. The van der Waals surface area contributed by atoms with E-state index in [2.05, 4.69) is 0 Å². The van der Waals surface area contributed by atoms with Crippen LogP contribution in [0.1, 0.15) is 44.3 Å². The zero-order chi connectivity index (χ0) is 19.3. The van der Waals surface area contributed by atoms with Crippen molar-refractivity contribution in [2.75, 3.05) is 20.3 Å². The van der Waals surface area contributed by atoms with E-state index < -0.39 is 5.97 Å². The highest BCUT2D eigenvalue weighted by Crippen LogP contribution is 2.28. The number of hydrogen-bond acceptors (Lipinski definition) is 5. The molecule has 0 aromatic heterocycles. The summed E-state index contributed by atoms with van der Waals surface area (Å²) >= 11 is 0. The van der Waals surface area contributed by atoms with Gasteiger partial charge in [-0.2, -0.15) is 0 Å². The van der Waals surface area contributed by atoms with Crippen molar-refractivity contribution in [1.29, 1.82) is 0 Å². The third kappa shape index (κ3) is 4.42. The van der Waals surface area contributed by atoms with Crippen molar-refractivity contribution < 1.29 is 23.8 Å². The lowest BCUT2D eigenvalue weighted by Crippen LogP contribution is -2.16. The Balaban J connectivity index is 2.11. The summed E-state index contributed by atoms with van der Waals surface area (Å²) in [6.07, 6.45) is 0. The van der Waals surface area contributed by atoms with Crippen molar-refractivity contribution in [1.82, 2.24) is 0 Å². The normalized spacial score (nSPS) is 10.3. The molecule has 5 nitrogen and oxygen atoms in total. The largest absolute Gasteiger partial charge is 0.493 e. The minimum absolute atomic E-state index is 0.216. The summed E-state index contributed by atoms with van der Waals surface area (Å²) in [5, 5.41) is 0. The van der Waals surface area contributed by atoms with Gasteiger partial charge in [0.15, 0.2) is 18.1 Å². The number of aryl methyl sites for hydroxylation is 3. The highest BCUT2D eigenvalue weighted by Gasteiger charge is 2.17. The number of esters is 1. The molecule has 0 amide bonds. The minimum Gasteiger partial charge on any atom is -0.493 e. The summed E-state index contributed by atoms with van der Waals surface area (Å²) in [6, 6.07) is 8.66. The lowest BCUT2D eigenvalue weighted by Gasteiger charge is -2.12. The number of benzene rings is 2. The van der Waals surface area contributed by atoms with Gasteiger partial charge in [-0.1, -0.05) is 17.7 Å². The van der Waals surface area contributed by atoms with E-state index in [1.54, 1.807) is 18.2 Å². The molecule has 2 aromatic carbocycles. The van der Waals surface area contributed by atoms with Gasteiger partial charge in [-0.3, -0.25) is 4.79 Å². The number of hydrogen-bond donors (Lipinski definition) is 0. The maximum atomic E-state index is 12.5. The molecule has 0 heterocycles. The Morgan fingerprint density at radius 3 is 2.19 bits per heavy atom. The van der Waals surface area contributed by atoms with Gasteiger partial charge in [-0.05, 0) is 57.0 Å². The summed E-state index contributed by atoms with van der Waals surface area (Å²) < 4.78 is 15.9. The molecule has 0 radical (unpaired) electrons. The lowest BCUT2D eigenvalue weighted by atomic mass is 9.97. The molecule has 5 heteroatoms. The Morgan fingerprint density at radius 1 is 0.962 bits per heavy atom. The van der Waals surface area contributed by atoms with Crippen LogP contribution in [0.4, 0.5) is 0 Å². The first kappa shape index (κ1) is 19.5. The number of carbonyl (C=O) groups excluding carboxylic acids is 2. The van der Waals surface area contributed by atoms with Crippen molar-refractivity contribution >= 4 is 11.8 Å². The molecule has 0 bridgehead atoms. The summed E-state index contributed by atoms with van der Waals surface area (Å²) in [6.45, 7) is 7.72. The van der Waals surface area contributed by atoms with Crippen LogP contribution in [-0.2, 0) is 4.74 Å². The first-order valence-electron chi connectivity index (χ1n) is 8.46. The molecule has 2 aromatic rings. The topological polar surface area (TPSA) is 61.8 Å². The second kappa shape index (κ2) is 8.52. The fourth-order valence-corrected chi connectivity index (χ4v) is 2.98. The van der Waals surface area contributed by atoms with Crippen LogP contribution in [0.2, 0.25) is 0 Å². The number of carbonyl (C=O) groups is 2. The van der Waals surface area contributed by atoms with E-state index in [0.717, 1.165) is 16.7 Å². The van der Waals surface area contributed by atoms with Crippen LogP contribution in [-0.4, -0.2) is 32.1 Å². The van der Waals surface area contributed by atoms with Crippen LogP contribution in [0.25, 0.3) is 0 Å². The van der Waals surface area contributed by atoms with E-state index in [1.165, 1.54) is 7.11 Å². The molecule has 2 rings (SSSR count). The molecule has 0 unspecified atom stereocenters. The highest BCUT2D eigenvalue weighted by atomic mass is 16.5. The van der Waals surface area contributed by atoms with E-state index >= 15 is 0 Å². The monoisotopic (exact) mass is 356 g/mol. The molecule has 0 spiro atoms. The van der Waals surface area contributed by atoms with Crippen molar-refractivity contribution in [3.63, 3.8) is 0 Å². The summed E-state index contributed by atoms with van der Waals surface area (Å²) in [5.41, 5.74) is 3.76. The van der Waals surface area contributed by atoms with E-state index in [4.69, 9.17) is 14.2 Å². The Kier molecular flexibility index (Phi) is 6.39. The third-order valence-corrected chi connectivity index (χ3v) is 3.99. The van der Waals surface area contributed by atoms with Crippen LogP contribution < -0.4 is 9.47 Å². The zero-order valence-corrected chi connectivity index (χ0v) is 15.8. The number of rotatable bonds is 7. The summed E-state index contributed by atoms with van der Waals surface area (Å²) in [7, 11) is 1.53. The average Bonchev–Trinajstić information content (AvgIpc) is 2.59. The molecule has 0 N–H and O–H groups in total. The van der Waals surface area contributed by atoms with Gasteiger partial charge in [0.2, 0.25) is 5.78 Å². The predicted octanol–water partition coefficient (Wildman–Crippen LogP) is 4.06. The SMILES string of the molecule is CCOc1cc(C(=O)OCC(=O)c2c(C)cc(C)cc2C)ccc1OC. The summed E-state index contributed by atoms with van der Waals surface area (Å²) in [5.74, 6) is 0.197. The molecule has 26 heavy (non-hydrogen) atoms. The van der Waals surface area contributed by atoms with Crippen molar-refractivity contribution in [2.45, 2.75) is 27.7 Å². The Labute approximate surface area is 153 Å². The first-order chi connectivity index (χ1) is 12.4.